The summed E-state index contributed by atoms with van der Waals surface area (Å²) in [5, 5.41) is 17.0. The average Bonchev–Trinajstić information content (AvgIpc) is 3.37. The number of rotatable bonds is 5. The van der Waals surface area contributed by atoms with Crippen LogP contribution in [0.5, 0.6) is 5.75 Å². The van der Waals surface area contributed by atoms with Crippen molar-refractivity contribution in [2.24, 2.45) is 0 Å². The SMILES string of the molecule is CCCCc1nc(-c2nc(N)c3c(n2)NC(=O)C3(C)c2ccc(O)c(Cl)c2)cn2ncnc12. The molecule has 0 radical (unpaired) electrons. The molecule has 1 aliphatic rings. The highest BCUT2D eigenvalue weighted by atomic mass is 35.5. The minimum Gasteiger partial charge on any atom is -0.506 e. The molecule has 0 fully saturated rings. The quantitative estimate of drug-likeness (QED) is 0.408. The molecule has 0 saturated carbocycles. The molecule has 33 heavy (non-hydrogen) atoms. The number of benzene rings is 1. The van der Waals surface area contributed by atoms with Gasteiger partial charge in [0.05, 0.1) is 22.5 Å². The van der Waals surface area contributed by atoms with Crippen molar-refractivity contribution in [2.75, 3.05) is 11.1 Å². The summed E-state index contributed by atoms with van der Waals surface area (Å²) in [5.74, 6) is 0.339. The molecule has 10 nitrogen and oxygen atoms in total. The smallest absolute Gasteiger partial charge is 0.240 e. The number of anilines is 2. The lowest BCUT2D eigenvalue weighted by Crippen LogP contribution is -2.33. The van der Waals surface area contributed by atoms with Crippen LogP contribution in [0.25, 0.3) is 17.2 Å². The van der Waals surface area contributed by atoms with E-state index in [-0.39, 0.29) is 28.3 Å². The highest BCUT2D eigenvalue weighted by Gasteiger charge is 2.47. The number of nitrogen functional groups attached to an aromatic ring is 1. The summed E-state index contributed by atoms with van der Waals surface area (Å²) >= 11 is 6.10. The molecule has 1 atom stereocenters. The van der Waals surface area contributed by atoms with Gasteiger partial charge in [0, 0.05) is 0 Å². The highest BCUT2D eigenvalue weighted by Crippen LogP contribution is 2.46. The molecule has 0 aliphatic carbocycles. The Hall–Kier alpha value is -3.79. The van der Waals surface area contributed by atoms with Crippen molar-refractivity contribution in [3.63, 3.8) is 0 Å². The van der Waals surface area contributed by atoms with E-state index < -0.39 is 5.41 Å². The Morgan fingerprint density at radius 2 is 2.09 bits per heavy atom. The van der Waals surface area contributed by atoms with Gasteiger partial charge in [-0.05, 0) is 37.5 Å². The van der Waals surface area contributed by atoms with E-state index in [1.165, 1.54) is 12.4 Å². The van der Waals surface area contributed by atoms with E-state index >= 15 is 0 Å². The van der Waals surface area contributed by atoms with Crippen LogP contribution in [0.15, 0.2) is 30.7 Å². The first kappa shape index (κ1) is 21.1. The van der Waals surface area contributed by atoms with E-state index in [0.717, 1.165) is 25.0 Å². The number of aromatic hydroxyl groups is 1. The zero-order chi connectivity index (χ0) is 23.3. The van der Waals surface area contributed by atoms with E-state index in [4.69, 9.17) is 22.3 Å². The van der Waals surface area contributed by atoms with Crippen LogP contribution in [0, 0.1) is 0 Å². The Kier molecular flexibility index (Phi) is 4.89. The van der Waals surface area contributed by atoms with Crippen LogP contribution in [-0.2, 0) is 16.6 Å². The molecular formula is C22H21ClN8O2. The van der Waals surface area contributed by atoms with Gasteiger partial charge in [0.15, 0.2) is 11.5 Å². The van der Waals surface area contributed by atoms with Crippen LogP contribution in [-0.4, -0.2) is 40.6 Å². The van der Waals surface area contributed by atoms with Crippen LogP contribution in [0.2, 0.25) is 5.02 Å². The third kappa shape index (κ3) is 3.25. The topological polar surface area (TPSA) is 144 Å². The zero-order valence-electron chi connectivity index (χ0n) is 18.0. The van der Waals surface area contributed by atoms with Crippen molar-refractivity contribution in [1.29, 1.82) is 0 Å². The summed E-state index contributed by atoms with van der Waals surface area (Å²) in [6.45, 7) is 3.83. The maximum absolute atomic E-state index is 13.1. The largest absolute Gasteiger partial charge is 0.506 e. The number of phenolic OH excluding ortho intramolecular Hbond substituents is 1. The molecule has 5 rings (SSSR count). The molecule has 3 aromatic heterocycles. The van der Waals surface area contributed by atoms with Crippen LogP contribution >= 0.6 is 11.6 Å². The minimum absolute atomic E-state index is 0.0735. The van der Waals surface area contributed by atoms with E-state index in [2.05, 4.69) is 32.3 Å². The van der Waals surface area contributed by atoms with Crippen molar-refractivity contribution in [3.05, 3.63) is 52.6 Å². The lowest BCUT2D eigenvalue weighted by atomic mass is 9.77. The molecule has 1 aromatic carbocycles. The van der Waals surface area contributed by atoms with Crippen molar-refractivity contribution >= 4 is 34.8 Å². The second-order valence-corrected chi connectivity index (χ2v) is 8.51. The van der Waals surface area contributed by atoms with Gasteiger partial charge in [-0.15, -0.1) is 0 Å². The first-order chi connectivity index (χ1) is 15.8. The molecular weight excluding hydrogens is 444 g/mol. The first-order valence-electron chi connectivity index (χ1n) is 10.5. The Morgan fingerprint density at radius 1 is 1.27 bits per heavy atom. The number of carbonyl (C=O) groups is 1. The van der Waals surface area contributed by atoms with E-state index in [9.17, 15) is 9.90 Å². The highest BCUT2D eigenvalue weighted by molar-refractivity contribution is 6.32. The molecule has 4 N–H and O–H groups in total. The van der Waals surface area contributed by atoms with Crippen LogP contribution < -0.4 is 11.1 Å². The number of fused-ring (bicyclic) bond motifs is 2. The fourth-order valence-electron chi connectivity index (χ4n) is 4.13. The molecule has 0 saturated heterocycles. The fraction of sp³-hybridized carbons (Fsp3) is 0.273. The fourth-order valence-corrected chi connectivity index (χ4v) is 4.31. The predicted molar refractivity (Wildman–Crippen MR) is 123 cm³/mol. The number of nitrogens with one attached hydrogen (secondary N) is 1. The normalized spacial score (nSPS) is 17.4. The third-order valence-corrected chi connectivity index (χ3v) is 6.28. The van der Waals surface area contributed by atoms with Crippen molar-refractivity contribution < 1.29 is 9.90 Å². The van der Waals surface area contributed by atoms with Gasteiger partial charge in [-0.1, -0.05) is 31.0 Å². The molecule has 4 aromatic rings. The zero-order valence-corrected chi connectivity index (χ0v) is 18.8. The number of nitrogens with zero attached hydrogens (tertiary/aromatic N) is 6. The number of hydrogen-bond donors (Lipinski definition) is 3. The predicted octanol–water partition coefficient (Wildman–Crippen LogP) is 3.12. The lowest BCUT2D eigenvalue weighted by molar-refractivity contribution is -0.119. The van der Waals surface area contributed by atoms with Gasteiger partial charge in [0.2, 0.25) is 5.91 Å². The second kappa shape index (κ2) is 7.66. The number of carbonyl (C=O) groups excluding carboxylic acids is 1. The monoisotopic (exact) mass is 464 g/mol. The standard InChI is InChI=1S/C22H21ClN8O2/c1-3-4-5-13-20-25-10-26-31(20)9-14(27-13)18-28-17(24)16-19(29-18)30-21(33)22(16,2)11-6-7-15(32)12(23)8-11/h6-10,32H,3-5H2,1-2H3,(H3,24,28,29,30,33). The van der Waals surface area contributed by atoms with E-state index in [0.29, 0.717) is 28.3 Å². The molecule has 1 unspecified atom stereocenters. The number of aryl methyl sites for hydroxylation is 1. The van der Waals surface area contributed by atoms with Gasteiger partial charge >= 0.3 is 0 Å². The molecule has 168 valence electrons. The molecule has 1 aliphatic heterocycles. The Bertz CT molecular complexity index is 1420. The summed E-state index contributed by atoms with van der Waals surface area (Å²) in [6, 6.07) is 4.61. The average molecular weight is 465 g/mol. The number of phenols is 1. The Balaban J connectivity index is 1.64. The number of amides is 1. The Morgan fingerprint density at radius 3 is 2.85 bits per heavy atom. The van der Waals surface area contributed by atoms with Gasteiger partial charge in [-0.2, -0.15) is 5.10 Å². The van der Waals surface area contributed by atoms with Crippen LogP contribution in [0.1, 0.15) is 43.5 Å². The number of hydrogen-bond acceptors (Lipinski definition) is 8. The van der Waals surface area contributed by atoms with E-state index in [1.54, 1.807) is 29.8 Å². The third-order valence-electron chi connectivity index (χ3n) is 5.98. The van der Waals surface area contributed by atoms with Crippen LogP contribution in [0.4, 0.5) is 11.6 Å². The van der Waals surface area contributed by atoms with Gasteiger partial charge in [-0.25, -0.2) is 24.5 Å². The molecule has 11 heteroatoms. The van der Waals surface area contributed by atoms with Gasteiger partial charge in [0.1, 0.15) is 34.8 Å². The molecule has 0 bridgehead atoms. The maximum Gasteiger partial charge on any atom is 0.240 e. The van der Waals surface area contributed by atoms with Crippen molar-refractivity contribution in [2.45, 2.75) is 38.5 Å². The van der Waals surface area contributed by atoms with Gasteiger partial charge in [0.25, 0.3) is 0 Å². The second-order valence-electron chi connectivity index (χ2n) is 8.11. The number of unbranched alkanes of at least 4 members (excludes halogenated alkanes) is 1. The van der Waals surface area contributed by atoms with Gasteiger partial charge < -0.3 is 16.2 Å². The first-order valence-corrected chi connectivity index (χ1v) is 10.9. The van der Waals surface area contributed by atoms with Crippen molar-refractivity contribution in [1.82, 2.24) is 29.5 Å². The van der Waals surface area contributed by atoms with Gasteiger partial charge in [-0.3, -0.25) is 4.79 Å². The Labute approximate surface area is 193 Å². The van der Waals surface area contributed by atoms with Crippen molar-refractivity contribution in [3.8, 4) is 17.3 Å². The molecule has 1 amide bonds. The minimum atomic E-state index is -1.18. The molecule has 4 heterocycles. The summed E-state index contributed by atoms with van der Waals surface area (Å²) in [6.07, 6.45) is 5.87. The number of halogens is 1. The summed E-state index contributed by atoms with van der Waals surface area (Å²) < 4.78 is 1.64. The van der Waals surface area contributed by atoms with Crippen LogP contribution in [0.3, 0.4) is 0 Å². The number of aromatic nitrogens is 6. The summed E-state index contributed by atoms with van der Waals surface area (Å²) in [5.41, 5.74) is 8.17. The lowest BCUT2D eigenvalue weighted by Gasteiger charge is -2.23. The molecule has 0 spiro atoms. The summed E-state index contributed by atoms with van der Waals surface area (Å²) in [7, 11) is 0. The maximum atomic E-state index is 13.1. The van der Waals surface area contributed by atoms with E-state index in [1.807, 2.05) is 0 Å². The summed E-state index contributed by atoms with van der Waals surface area (Å²) in [4.78, 5) is 31.2. The number of nitrogens with two attached hydrogens (primary N) is 1.